The zero-order valence-electron chi connectivity index (χ0n) is 14.5. The van der Waals surface area contributed by atoms with E-state index in [0.717, 1.165) is 27.0 Å². The molecular weight excluding hydrogens is 348 g/mol. The Hall–Kier alpha value is -2.11. The normalized spacial score (nSPS) is 10.7. The van der Waals surface area contributed by atoms with Crippen molar-refractivity contribution in [2.24, 2.45) is 0 Å². The molecule has 0 fully saturated rings. The molecule has 0 radical (unpaired) electrons. The van der Waals surface area contributed by atoms with Gasteiger partial charge in [-0.05, 0) is 55.7 Å². The highest BCUT2D eigenvalue weighted by molar-refractivity contribution is 8.00. The second-order valence-electron chi connectivity index (χ2n) is 5.95. The van der Waals surface area contributed by atoms with E-state index < -0.39 is 0 Å². The highest BCUT2D eigenvalue weighted by Crippen LogP contribution is 2.27. The summed E-state index contributed by atoms with van der Waals surface area (Å²) in [7, 11) is 0. The van der Waals surface area contributed by atoms with Gasteiger partial charge in [-0.3, -0.25) is 4.79 Å². The quantitative estimate of drug-likeness (QED) is 0.595. The van der Waals surface area contributed by atoms with Gasteiger partial charge in [0.15, 0.2) is 0 Å². The van der Waals surface area contributed by atoms with Crippen LogP contribution in [0.15, 0.2) is 52.2 Å². The van der Waals surface area contributed by atoms with Crippen LogP contribution in [0.5, 0.6) is 0 Å². The number of benzene rings is 2. The Morgan fingerprint density at radius 3 is 2.64 bits per heavy atom. The molecule has 128 valence electrons. The molecule has 1 aromatic heterocycles. The van der Waals surface area contributed by atoms with Gasteiger partial charge in [0.25, 0.3) is 5.91 Å². The number of rotatable bonds is 5. The van der Waals surface area contributed by atoms with E-state index in [-0.39, 0.29) is 5.91 Å². The van der Waals surface area contributed by atoms with E-state index in [2.05, 4.69) is 17.2 Å². The predicted molar refractivity (Wildman–Crippen MR) is 107 cm³/mol. The summed E-state index contributed by atoms with van der Waals surface area (Å²) in [6, 6.07) is 13.7. The van der Waals surface area contributed by atoms with Gasteiger partial charge in [-0.15, -0.1) is 11.3 Å². The Kier molecular flexibility index (Phi) is 5.56. The number of nitrogens with zero attached hydrogens (tertiary/aromatic N) is 1. The van der Waals surface area contributed by atoms with E-state index in [4.69, 9.17) is 0 Å². The lowest BCUT2D eigenvalue weighted by Crippen LogP contribution is -2.14. The van der Waals surface area contributed by atoms with Crippen LogP contribution in [0.2, 0.25) is 0 Å². The van der Waals surface area contributed by atoms with E-state index in [1.807, 2.05) is 61.7 Å². The van der Waals surface area contributed by atoms with Crippen LogP contribution in [0.4, 0.5) is 5.69 Å². The molecule has 0 spiro atoms. The first-order chi connectivity index (χ1) is 12.0. The first kappa shape index (κ1) is 17.7. The smallest absolute Gasteiger partial charge is 0.255 e. The van der Waals surface area contributed by atoms with Crippen molar-refractivity contribution in [1.82, 2.24) is 4.98 Å². The minimum absolute atomic E-state index is 0.0743. The number of hydrogen-bond donors (Lipinski definition) is 1. The van der Waals surface area contributed by atoms with Gasteiger partial charge >= 0.3 is 0 Å². The second-order valence-corrected chi connectivity index (χ2v) is 8.03. The van der Waals surface area contributed by atoms with Crippen molar-refractivity contribution in [2.45, 2.75) is 30.9 Å². The Morgan fingerprint density at radius 2 is 1.92 bits per heavy atom. The molecule has 1 amide bonds. The Bertz CT molecular complexity index is 902. The average molecular weight is 369 g/mol. The zero-order chi connectivity index (χ0) is 17.8. The van der Waals surface area contributed by atoms with Gasteiger partial charge in [-0.2, -0.15) is 0 Å². The lowest BCUT2D eigenvalue weighted by molar-refractivity contribution is 0.102. The first-order valence-electron chi connectivity index (χ1n) is 8.04. The minimum atomic E-state index is -0.0743. The molecule has 3 rings (SSSR count). The largest absolute Gasteiger partial charge is 0.322 e. The summed E-state index contributed by atoms with van der Waals surface area (Å²) < 4.78 is 1.03. The van der Waals surface area contributed by atoms with Crippen molar-refractivity contribution < 1.29 is 4.79 Å². The number of aryl methyl sites for hydroxylation is 3. The van der Waals surface area contributed by atoms with Gasteiger partial charge in [0.2, 0.25) is 0 Å². The average Bonchev–Trinajstić information content (AvgIpc) is 3.02. The molecule has 25 heavy (non-hydrogen) atoms. The molecule has 0 unspecified atom stereocenters. The number of hydrogen-bond acceptors (Lipinski definition) is 4. The van der Waals surface area contributed by atoms with E-state index in [9.17, 15) is 4.79 Å². The van der Waals surface area contributed by atoms with Gasteiger partial charge in [0.05, 0.1) is 0 Å². The molecule has 0 saturated carbocycles. The number of amides is 1. The molecule has 1 heterocycles. The van der Waals surface area contributed by atoms with Crippen molar-refractivity contribution in [3.05, 3.63) is 75.8 Å². The summed E-state index contributed by atoms with van der Waals surface area (Å²) in [5.74, 6) is 0.651. The topological polar surface area (TPSA) is 42.0 Å². The number of anilines is 1. The van der Waals surface area contributed by atoms with Crippen LogP contribution < -0.4 is 5.32 Å². The fraction of sp³-hybridized carbons (Fsp3) is 0.200. The molecule has 0 atom stereocenters. The van der Waals surface area contributed by atoms with Crippen LogP contribution in [0.25, 0.3) is 0 Å². The number of thioether (sulfide) groups is 1. The van der Waals surface area contributed by atoms with Crippen LogP contribution in [-0.2, 0) is 5.75 Å². The van der Waals surface area contributed by atoms with E-state index >= 15 is 0 Å². The third kappa shape index (κ3) is 4.50. The van der Waals surface area contributed by atoms with Crippen molar-refractivity contribution in [3.8, 4) is 0 Å². The molecule has 3 nitrogen and oxygen atoms in total. The van der Waals surface area contributed by atoms with Crippen LogP contribution in [0.3, 0.4) is 0 Å². The lowest BCUT2D eigenvalue weighted by atomic mass is 10.1. The van der Waals surface area contributed by atoms with Crippen molar-refractivity contribution in [2.75, 3.05) is 5.32 Å². The van der Waals surface area contributed by atoms with E-state index in [0.29, 0.717) is 5.56 Å². The molecular formula is C20H20N2OS2. The molecule has 0 aliphatic carbocycles. The van der Waals surface area contributed by atoms with Crippen molar-refractivity contribution in [1.29, 1.82) is 0 Å². The van der Waals surface area contributed by atoms with E-state index in [1.54, 1.807) is 23.1 Å². The monoisotopic (exact) mass is 368 g/mol. The Balaban J connectivity index is 1.74. The third-order valence-electron chi connectivity index (χ3n) is 3.98. The highest BCUT2D eigenvalue weighted by Gasteiger charge is 2.12. The van der Waals surface area contributed by atoms with Crippen LogP contribution in [-0.4, -0.2) is 10.9 Å². The van der Waals surface area contributed by atoms with Crippen molar-refractivity contribution >= 4 is 34.7 Å². The maximum Gasteiger partial charge on any atom is 0.255 e. The minimum Gasteiger partial charge on any atom is -0.322 e. The van der Waals surface area contributed by atoms with Crippen molar-refractivity contribution in [3.63, 3.8) is 0 Å². The number of carbonyl (C=O) groups is 1. The number of nitrogens with one attached hydrogen (secondary N) is 1. The number of thiazole rings is 1. The van der Waals surface area contributed by atoms with Crippen LogP contribution >= 0.6 is 23.1 Å². The SMILES string of the molecule is Cc1csc(SCc2ccccc2C(=O)Nc2ccc(C)c(C)c2)n1. The zero-order valence-corrected chi connectivity index (χ0v) is 16.1. The summed E-state index contributed by atoms with van der Waals surface area (Å²) in [6.07, 6.45) is 0. The van der Waals surface area contributed by atoms with Crippen LogP contribution in [0.1, 0.15) is 32.7 Å². The number of carbonyl (C=O) groups excluding carboxylic acids is 1. The highest BCUT2D eigenvalue weighted by atomic mass is 32.2. The van der Waals surface area contributed by atoms with E-state index in [1.165, 1.54) is 11.1 Å². The third-order valence-corrected chi connectivity index (χ3v) is 6.16. The van der Waals surface area contributed by atoms with Gasteiger partial charge in [-0.25, -0.2) is 4.98 Å². The molecule has 2 aromatic carbocycles. The van der Waals surface area contributed by atoms with Crippen LogP contribution in [0, 0.1) is 20.8 Å². The molecule has 0 bridgehead atoms. The van der Waals surface area contributed by atoms with Gasteiger partial charge in [0, 0.05) is 28.1 Å². The molecule has 5 heteroatoms. The molecule has 0 aliphatic rings. The molecule has 0 aliphatic heterocycles. The molecule has 0 saturated heterocycles. The summed E-state index contributed by atoms with van der Waals surface area (Å²) in [6.45, 7) is 6.10. The first-order valence-corrected chi connectivity index (χ1v) is 9.91. The summed E-state index contributed by atoms with van der Waals surface area (Å²) in [4.78, 5) is 17.2. The van der Waals surface area contributed by atoms with Gasteiger partial charge in [0.1, 0.15) is 4.34 Å². The maximum atomic E-state index is 12.7. The fourth-order valence-electron chi connectivity index (χ4n) is 2.42. The second kappa shape index (κ2) is 7.85. The van der Waals surface area contributed by atoms with Gasteiger partial charge < -0.3 is 5.32 Å². The summed E-state index contributed by atoms with van der Waals surface area (Å²) in [5.41, 5.74) is 5.97. The Labute approximate surface area is 156 Å². The predicted octanol–water partition coefficient (Wildman–Crippen LogP) is 5.61. The maximum absolute atomic E-state index is 12.7. The summed E-state index contributed by atoms with van der Waals surface area (Å²) >= 11 is 3.30. The number of aromatic nitrogens is 1. The standard InChI is InChI=1S/C20H20N2OS2/c1-13-8-9-17(10-14(13)2)22-19(23)18-7-5-4-6-16(18)12-25-20-21-15(3)11-24-20/h4-11H,12H2,1-3H3,(H,22,23). The lowest BCUT2D eigenvalue weighted by Gasteiger charge is -2.11. The Morgan fingerprint density at radius 1 is 1.12 bits per heavy atom. The summed E-state index contributed by atoms with van der Waals surface area (Å²) in [5, 5.41) is 5.05. The molecule has 3 aromatic rings. The molecule has 1 N–H and O–H groups in total. The fourth-order valence-corrected chi connectivity index (χ4v) is 4.28. The van der Waals surface area contributed by atoms with Gasteiger partial charge in [-0.1, -0.05) is 36.0 Å².